The number of amides is 1. The zero-order valence-corrected chi connectivity index (χ0v) is 14.2. The predicted molar refractivity (Wildman–Crippen MR) is 83.8 cm³/mol. The van der Waals surface area contributed by atoms with Gasteiger partial charge in [0.05, 0.1) is 6.54 Å². The summed E-state index contributed by atoms with van der Waals surface area (Å²) in [5, 5.41) is 4.07. The highest BCUT2D eigenvalue weighted by molar-refractivity contribution is 5.81. The molecular formula is C16H26N4O3. The van der Waals surface area contributed by atoms with Crippen molar-refractivity contribution >= 4 is 5.91 Å². The van der Waals surface area contributed by atoms with Crippen LogP contribution in [0.4, 0.5) is 0 Å². The Labute approximate surface area is 137 Å². The Hall–Kier alpha value is -1.47. The first-order chi connectivity index (χ1) is 10.9. The molecule has 0 unspecified atom stereocenters. The molecule has 2 fully saturated rings. The predicted octanol–water partition coefficient (Wildman–Crippen LogP) is 1.19. The molecular weight excluding hydrogens is 296 g/mol. The van der Waals surface area contributed by atoms with E-state index >= 15 is 0 Å². The summed E-state index contributed by atoms with van der Waals surface area (Å²) >= 11 is 0. The second-order valence-electron chi connectivity index (χ2n) is 7.37. The summed E-state index contributed by atoms with van der Waals surface area (Å²) in [7, 11) is 0. The van der Waals surface area contributed by atoms with Gasteiger partial charge in [0.25, 0.3) is 5.91 Å². The zero-order valence-electron chi connectivity index (χ0n) is 14.2. The number of carbonyl (C=O) groups is 1. The van der Waals surface area contributed by atoms with Crippen molar-refractivity contribution in [1.29, 1.82) is 0 Å². The van der Waals surface area contributed by atoms with Crippen LogP contribution in [-0.2, 0) is 21.5 Å². The topological polar surface area (TPSA) is 71.7 Å². The van der Waals surface area contributed by atoms with Gasteiger partial charge < -0.3 is 14.2 Å². The van der Waals surface area contributed by atoms with Crippen LogP contribution in [0.15, 0.2) is 4.52 Å². The van der Waals surface area contributed by atoms with Crippen molar-refractivity contribution in [2.75, 3.05) is 32.8 Å². The van der Waals surface area contributed by atoms with Crippen molar-refractivity contribution in [3.63, 3.8) is 0 Å². The summed E-state index contributed by atoms with van der Waals surface area (Å²) in [6.45, 7) is 10.7. The molecule has 0 aliphatic carbocycles. The summed E-state index contributed by atoms with van der Waals surface area (Å²) < 4.78 is 10.8. The van der Waals surface area contributed by atoms with Gasteiger partial charge in [0.2, 0.25) is 5.89 Å². The van der Waals surface area contributed by atoms with E-state index in [1.807, 2.05) is 4.90 Å². The number of carbonyl (C=O) groups excluding carboxylic acids is 1. The van der Waals surface area contributed by atoms with E-state index in [1.165, 1.54) is 0 Å². The fraction of sp³-hybridized carbons (Fsp3) is 0.812. The SMILES string of the molecule is CC(C)(C)c1nc(CN2CCN(C(=O)[C@@H]3CCCO3)CC2)no1. The lowest BCUT2D eigenvalue weighted by atomic mass is 9.97. The molecule has 0 saturated carbocycles. The molecule has 1 amide bonds. The van der Waals surface area contributed by atoms with Crippen molar-refractivity contribution in [2.24, 2.45) is 0 Å². The van der Waals surface area contributed by atoms with Gasteiger partial charge in [0.1, 0.15) is 6.10 Å². The van der Waals surface area contributed by atoms with E-state index < -0.39 is 0 Å². The first kappa shape index (κ1) is 16.4. The van der Waals surface area contributed by atoms with Gasteiger partial charge in [-0.15, -0.1) is 0 Å². The molecule has 1 atom stereocenters. The number of hydrogen-bond donors (Lipinski definition) is 0. The summed E-state index contributed by atoms with van der Waals surface area (Å²) in [5.41, 5.74) is -0.127. The Bertz CT molecular complexity index is 538. The van der Waals surface area contributed by atoms with E-state index in [9.17, 15) is 4.79 Å². The first-order valence-electron chi connectivity index (χ1n) is 8.39. The third-order valence-electron chi connectivity index (χ3n) is 4.36. The molecule has 1 aromatic rings. The van der Waals surface area contributed by atoms with Crippen LogP contribution in [0, 0.1) is 0 Å². The molecule has 0 aromatic carbocycles. The maximum absolute atomic E-state index is 12.3. The van der Waals surface area contributed by atoms with E-state index in [2.05, 4.69) is 35.8 Å². The highest BCUT2D eigenvalue weighted by Gasteiger charge is 2.30. The molecule has 1 aromatic heterocycles. The minimum absolute atomic E-state index is 0.127. The summed E-state index contributed by atoms with van der Waals surface area (Å²) in [6.07, 6.45) is 1.63. The zero-order chi connectivity index (χ0) is 16.4. The maximum atomic E-state index is 12.3. The Morgan fingerprint density at radius 2 is 2.00 bits per heavy atom. The third-order valence-corrected chi connectivity index (χ3v) is 4.36. The normalized spacial score (nSPS) is 23.4. The Morgan fingerprint density at radius 3 is 2.57 bits per heavy atom. The number of aromatic nitrogens is 2. The van der Waals surface area contributed by atoms with Gasteiger partial charge in [-0.05, 0) is 12.8 Å². The van der Waals surface area contributed by atoms with Crippen LogP contribution < -0.4 is 0 Å². The lowest BCUT2D eigenvalue weighted by Crippen LogP contribution is -2.51. The molecule has 2 aliphatic rings. The standard InChI is InChI=1S/C16H26N4O3/c1-16(2,3)15-17-13(18-23-15)11-19-6-8-20(9-7-19)14(21)12-5-4-10-22-12/h12H,4-11H2,1-3H3/t12-/m0/s1. The van der Waals surface area contributed by atoms with Gasteiger partial charge in [-0.1, -0.05) is 25.9 Å². The quantitative estimate of drug-likeness (QED) is 0.832. The van der Waals surface area contributed by atoms with Crippen LogP contribution >= 0.6 is 0 Å². The number of nitrogens with zero attached hydrogens (tertiary/aromatic N) is 4. The van der Waals surface area contributed by atoms with E-state index in [4.69, 9.17) is 9.26 Å². The van der Waals surface area contributed by atoms with Gasteiger partial charge in [0.15, 0.2) is 5.82 Å². The minimum atomic E-state index is -0.215. The molecule has 0 spiro atoms. The van der Waals surface area contributed by atoms with Crippen LogP contribution in [0.2, 0.25) is 0 Å². The molecule has 0 radical (unpaired) electrons. The smallest absolute Gasteiger partial charge is 0.251 e. The number of rotatable bonds is 3. The lowest BCUT2D eigenvalue weighted by molar-refractivity contribution is -0.142. The largest absolute Gasteiger partial charge is 0.368 e. The molecule has 2 aliphatic heterocycles. The van der Waals surface area contributed by atoms with Crippen molar-refractivity contribution in [3.05, 3.63) is 11.7 Å². The average molecular weight is 322 g/mol. The van der Waals surface area contributed by atoms with Crippen molar-refractivity contribution < 1.29 is 14.1 Å². The second kappa shape index (κ2) is 6.57. The molecule has 2 saturated heterocycles. The molecule has 7 heteroatoms. The third kappa shape index (κ3) is 3.90. The van der Waals surface area contributed by atoms with Crippen LogP contribution in [0.3, 0.4) is 0 Å². The lowest BCUT2D eigenvalue weighted by Gasteiger charge is -2.35. The second-order valence-corrected chi connectivity index (χ2v) is 7.37. The minimum Gasteiger partial charge on any atom is -0.368 e. The molecule has 3 rings (SSSR count). The Morgan fingerprint density at radius 1 is 1.26 bits per heavy atom. The molecule has 23 heavy (non-hydrogen) atoms. The highest BCUT2D eigenvalue weighted by atomic mass is 16.5. The molecule has 128 valence electrons. The summed E-state index contributed by atoms with van der Waals surface area (Å²) in [6, 6.07) is 0. The van der Waals surface area contributed by atoms with Crippen LogP contribution in [0.5, 0.6) is 0 Å². The van der Waals surface area contributed by atoms with Crippen LogP contribution in [0.1, 0.15) is 45.3 Å². The highest BCUT2D eigenvalue weighted by Crippen LogP contribution is 2.20. The van der Waals surface area contributed by atoms with Gasteiger partial charge in [-0.3, -0.25) is 9.69 Å². The Kier molecular flexibility index (Phi) is 4.68. The van der Waals surface area contributed by atoms with Crippen molar-refractivity contribution in [3.8, 4) is 0 Å². The van der Waals surface area contributed by atoms with Crippen LogP contribution in [0.25, 0.3) is 0 Å². The van der Waals surface area contributed by atoms with Gasteiger partial charge in [-0.25, -0.2) is 0 Å². The first-order valence-corrected chi connectivity index (χ1v) is 8.39. The fourth-order valence-electron chi connectivity index (χ4n) is 2.93. The molecule has 3 heterocycles. The Balaban J connectivity index is 1.49. The van der Waals surface area contributed by atoms with Crippen molar-refractivity contribution in [1.82, 2.24) is 19.9 Å². The number of hydrogen-bond acceptors (Lipinski definition) is 6. The summed E-state index contributed by atoms with van der Waals surface area (Å²) in [5.74, 6) is 1.53. The number of ether oxygens (including phenoxy) is 1. The fourth-order valence-corrected chi connectivity index (χ4v) is 2.93. The molecule has 0 bridgehead atoms. The average Bonchev–Trinajstić information content (AvgIpc) is 3.18. The maximum Gasteiger partial charge on any atom is 0.251 e. The van der Waals surface area contributed by atoms with Crippen LogP contribution in [-0.4, -0.2) is 64.7 Å². The van der Waals surface area contributed by atoms with E-state index in [-0.39, 0.29) is 17.4 Å². The van der Waals surface area contributed by atoms with E-state index in [0.717, 1.165) is 39.0 Å². The molecule has 7 nitrogen and oxygen atoms in total. The van der Waals surface area contributed by atoms with E-state index in [0.29, 0.717) is 24.9 Å². The number of piperazine rings is 1. The van der Waals surface area contributed by atoms with Gasteiger partial charge >= 0.3 is 0 Å². The van der Waals surface area contributed by atoms with Gasteiger partial charge in [0, 0.05) is 38.2 Å². The van der Waals surface area contributed by atoms with Crippen molar-refractivity contribution in [2.45, 2.75) is 51.7 Å². The van der Waals surface area contributed by atoms with Gasteiger partial charge in [-0.2, -0.15) is 4.98 Å². The molecule has 0 N–H and O–H groups in total. The summed E-state index contributed by atoms with van der Waals surface area (Å²) in [4.78, 5) is 21.0. The monoisotopic (exact) mass is 322 g/mol. The van der Waals surface area contributed by atoms with E-state index in [1.54, 1.807) is 0 Å².